The monoisotopic (exact) mass is 235 g/mol. The summed E-state index contributed by atoms with van der Waals surface area (Å²) < 4.78 is 4.91. The molecule has 1 unspecified atom stereocenters. The topological polar surface area (TPSA) is 119 Å². The third kappa shape index (κ3) is 2.89. The highest BCUT2D eigenvalue weighted by molar-refractivity contribution is 5.72. The van der Waals surface area contributed by atoms with Gasteiger partial charge < -0.3 is 30.5 Å². The first-order valence-corrected chi connectivity index (χ1v) is 5.02. The highest BCUT2D eigenvalue weighted by Crippen LogP contribution is 2.24. The average molecular weight is 235 g/mol. The van der Waals surface area contributed by atoms with Crippen molar-refractivity contribution in [2.45, 2.75) is 31.5 Å². The Labute approximate surface area is 92.7 Å². The lowest BCUT2D eigenvalue weighted by atomic mass is 9.91. The van der Waals surface area contributed by atoms with E-state index >= 15 is 0 Å². The Morgan fingerprint density at radius 3 is 2.44 bits per heavy atom. The molecule has 0 saturated carbocycles. The number of carbonyl (C=O) groups excluding carboxylic acids is 1. The van der Waals surface area contributed by atoms with Gasteiger partial charge in [0.05, 0.1) is 18.6 Å². The average Bonchev–Trinajstić information content (AvgIpc) is 2.22. The van der Waals surface area contributed by atoms with E-state index in [1.807, 2.05) is 0 Å². The largest absolute Gasteiger partial charge is 0.394 e. The maximum atomic E-state index is 10.7. The van der Waals surface area contributed by atoms with Gasteiger partial charge in [-0.2, -0.15) is 0 Å². The molecule has 5 N–H and O–H groups in total. The molecule has 0 aromatic heterocycles. The van der Waals surface area contributed by atoms with Gasteiger partial charge in [-0.1, -0.05) is 0 Å². The second-order valence-corrected chi connectivity index (χ2v) is 3.83. The first kappa shape index (κ1) is 13.3. The van der Waals surface area contributed by atoms with Gasteiger partial charge in [0.25, 0.3) is 0 Å². The molecule has 5 atom stereocenters. The number of nitrogens with one attached hydrogen (secondary N) is 1. The highest BCUT2D eigenvalue weighted by atomic mass is 16.6. The van der Waals surface area contributed by atoms with E-state index in [1.165, 1.54) is 6.92 Å². The van der Waals surface area contributed by atoms with Crippen LogP contribution in [0.15, 0.2) is 0 Å². The molecule has 1 amide bonds. The zero-order valence-corrected chi connectivity index (χ0v) is 8.91. The van der Waals surface area contributed by atoms with E-state index in [-0.39, 0.29) is 12.5 Å². The van der Waals surface area contributed by atoms with E-state index in [1.54, 1.807) is 0 Å². The van der Waals surface area contributed by atoms with E-state index in [0.29, 0.717) is 0 Å². The van der Waals surface area contributed by atoms with Crippen LogP contribution in [0.2, 0.25) is 0 Å². The van der Waals surface area contributed by atoms with Crippen molar-refractivity contribution in [3.63, 3.8) is 0 Å². The molecule has 7 heteroatoms. The number of aliphatic hydroxyl groups excluding tert-OH is 4. The van der Waals surface area contributed by atoms with Crippen molar-refractivity contribution in [3.05, 3.63) is 0 Å². The lowest BCUT2D eigenvalue weighted by molar-refractivity contribution is -0.268. The van der Waals surface area contributed by atoms with Crippen LogP contribution in [0.1, 0.15) is 6.92 Å². The van der Waals surface area contributed by atoms with E-state index < -0.39 is 37.1 Å². The minimum atomic E-state index is -1.33. The van der Waals surface area contributed by atoms with E-state index in [0.717, 1.165) is 0 Å². The smallest absolute Gasteiger partial charge is 0.216 e. The summed E-state index contributed by atoms with van der Waals surface area (Å²) in [5.41, 5.74) is 0. The molecule has 1 heterocycles. The van der Waals surface area contributed by atoms with Gasteiger partial charge in [-0.25, -0.2) is 0 Å². The maximum Gasteiger partial charge on any atom is 0.216 e. The molecule has 0 bridgehead atoms. The SMILES string of the molecule is CC(=O)NC[C@H]1C(O)O[C@H](CO)[C@@H](O)[C@@H]1O. The molecular weight excluding hydrogens is 218 g/mol. The molecule has 0 radical (unpaired) electrons. The Balaban J connectivity index is 2.60. The molecule has 1 aliphatic heterocycles. The summed E-state index contributed by atoms with van der Waals surface area (Å²) in [7, 11) is 0. The normalized spacial score (nSPS) is 39.4. The van der Waals surface area contributed by atoms with Gasteiger partial charge in [0.1, 0.15) is 12.2 Å². The summed E-state index contributed by atoms with van der Waals surface area (Å²) in [4.78, 5) is 10.7. The van der Waals surface area contributed by atoms with Crippen LogP contribution in [-0.2, 0) is 9.53 Å². The molecule has 0 aliphatic carbocycles. The second kappa shape index (κ2) is 5.55. The standard InChI is InChI=1S/C9H17NO6/c1-4(12)10-2-5-7(13)8(14)6(3-11)16-9(5)15/h5-9,11,13-15H,2-3H2,1H3,(H,10,12)/t5-,6-,7-,8-,9?/m1/s1. The van der Waals surface area contributed by atoms with Crippen molar-refractivity contribution >= 4 is 5.91 Å². The van der Waals surface area contributed by atoms with Crippen LogP contribution in [0.5, 0.6) is 0 Å². The number of hydrogen-bond donors (Lipinski definition) is 5. The first-order valence-electron chi connectivity index (χ1n) is 5.02. The lowest BCUT2D eigenvalue weighted by Gasteiger charge is -2.40. The summed E-state index contributed by atoms with van der Waals surface area (Å²) in [5.74, 6) is -1.13. The van der Waals surface area contributed by atoms with Crippen LogP contribution in [0, 0.1) is 5.92 Å². The highest BCUT2D eigenvalue weighted by Gasteiger charge is 2.43. The van der Waals surface area contributed by atoms with Gasteiger partial charge in [0.15, 0.2) is 6.29 Å². The van der Waals surface area contributed by atoms with E-state index in [9.17, 15) is 20.1 Å². The van der Waals surface area contributed by atoms with Gasteiger partial charge in [0, 0.05) is 13.5 Å². The summed E-state index contributed by atoms with van der Waals surface area (Å²) in [5, 5.41) is 40.0. The summed E-state index contributed by atoms with van der Waals surface area (Å²) in [6.07, 6.45) is -4.89. The van der Waals surface area contributed by atoms with Crippen LogP contribution in [0.25, 0.3) is 0 Å². The summed E-state index contributed by atoms with van der Waals surface area (Å²) in [6.45, 7) is 0.796. The predicted octanol–water partition coefficient (Wildman–Crippen LogP) is -2.83. The zero-order valence-electron chi connectivity index (χ0n) is 8.91. The number of carbonyl (C=O) groups is 1. The number of rotatable bonds is 3. The molecule has 0 aromatic carbocycles. The molecule has 1 fully saturated rings. The fourth-order valence-electron chi connectivity index (χ4n) is 1.64. The lowest BCUT2D eigenvalue weighted by Crippen LogP contribution is -2.58. The number of hydrogen-bond acceptors (Lipinski definition) is 6. The van der Waals surface area contributed by atoms with Crippen LogP contribution < -0.4 is 5.32 Å². The van der Waals surface area contributed by atoms with Crippen molar-refractivity contribution in [1.29, 1.82) is 0 Å². The molecule has 7 nitrogen and oxygen atoms in total. The zero-order chi connectivity index (χ0) is 12.3. The Morgan fingerprint density at radius 1 is 1.31 bits per heavy atom. The molecule has 16 heavy (non-hydrogen) atoms. The molecule has 94 valence electrons. The van der Waals surface area contributed by atoms with Crippen molar-refractivity contribution in [1.82, 2.24) is 5.32 Å². The fourth-order valence-corrected chi connectivity index (χ4v) is 1.64. The van der Waals surface area contributed by atoms with Gasteiger partial charge in [-0.05, 0) is 0 Å². The summed E-state index contributed by atoms with van der Waals surface area (Å²) >= 11 is 0. The van der Waals surface area contributed by atoms with Gasteiger partial charge in [-0.3, -0.25) is 4.79 Å². The van der Waals surface area contributed by atoms with E-state index in [2.05, 4.69) is 5.32 Å². The second-order valence-electron chi connectivity index (χ2n) is 3.83. The number of aliphatic hydroxyl groups is 4. The van der Waals surface area contributed by atoms with Crippen molar-refractivity contribution in [2.24, 2.45) is 5.92 Å². The summed E-state index contributed by atoms with van der Waals surface area (Å²) in [6, 6.07) is 0. The third-order valence-electron chi connectivity index (χ3n) is 2.62. The van der Waals surface area contributed by atoms with Gasteiger partial charge in [-0.15, -0.1) is 0 Å². The predicted molar refractivity (Wildman–Crippen MR) is 52.2 cm³/mol. The number of ether oxygens (including phenoxy) is 1. The molecule has 1 aliphatic rings. The van der Waals surface area contributed by atoms with Crippen molar-refractivity contribution in [2.75, 3.05) is 13.2 Å². The Morgan fingerprint density at radius 2 is 1.94 bits per heavy atom. The minimum absolute atomic E-state index is 0.00707. The van der Waals surface area contributed by atoms with Crippen molar-refractivity contribution in [3.8, 4) is 0 Å². The quantitative estimate of drug-likeness (QED) is 0.360. The van der Waals surface area contributed by atoms with Crippen LogP contribution in [-0.4, -0.2) is 64.1 Å². The van der Waals surface area contributed by atoms with Crippen LogP contribution >= 0.6 is 0 Å². The minimum Gasteiger partial charge on any atom is -0.394 e. The Bertz CT molecular complexity index is 248. The molecule has 0 spiro atoms. The van der Waals surface area contributed by atoms with Crippen LogP contribution in [0.4, 0.5) is 0 Å². The maximum absolute atomic E-state index is 10.7. The molecule has 1 rings (SSSR count). The van der Waals surface area contributed by atoms with Crippen LogP contribution in [0.3, 0.4) is 0 Å². The Hall–Kier alpha value is -0.730. The molecule has 0 aromatic rings. The first-order chi connectivity index (χ1) is 7.47. The molecular formula is C9H17NO6. The molecule has 1 saturated heterocycles. The fraction of sp³-hybridized carbons (Fsp3) is 0.889. The van der Waals surface area contributed by atoms with E-state index in [4.69, 9.17) is 9.84 Å². The van der Waals surface area contributed by atoms with Gasteiger partial charge in [0.2, 0.25) is 5.91 Å². The number of amides is 1. The third-order valence-corrected chi connectivity index (χ3v) is 2.62. The van der Waals surface area contributed by atoms with Crippen molar-refractivity contribution < 1.29 is 30.0 Å². The Kier molecular flexibility index (Phi) is 4.63. The van der Waals surface area contributed by atoms with Gasteiger partial charge >= 0.3 is 0 Å².